The molecule has 0 aliphatic heterocycles. The van der Waals surface area contributed by atoms with Crippen LogP contribution < -0.4 is 10.3 Å². The van der Waals surface area contributed by atoms with E-state index < -0.39 is 10.0 Å². The van der Waals surface area contributed by atoms with E-state index in [1.54, 1.807) is 37.4 Å². The number of nitrogens with zero attached hydrogens (tertiary/aromatic N) is 2. The van der Waals surface area contributed by atoms with Gasteiger partial charge in [0, 0.05) is 11.9 Å². The lowest BCUT2D eigenvalue weighted by Gasteiger charge is -2.10. The van der Waals surface area contributed by atoms with Crippen molar-refractivity contribution in [2.24, 2.45) is 4.99 Å². The highest BCUT2D eigenvalue weighted by Gasteiger charge is 2.15. The number of anilines is 1. The maximum absolute atomic E-state index is 12.9. The van der Waals surface area contributed by atoms with Gasteiger partial charge in [-0.1, -0.05) is 37.3 Å². The molecule has 3 aromatic rings. The van der Waals surface area contributed by atoms with Crippen molar-refractivity contribution in [1.29, 1.82) is 0 Å². The van der Waals surface area contributed by atoms with E-state index in [1.165, 1.54) is 4.68 Å². The van der Waals surface area contributed by atoms with Gasteiger partial charge in [0.25, 0.3) is 5.56 Å². The second-order valence-corrected chi connectivity index (χ2v) is 8.17. The summed E-state index contributed by atoms with van der Waals surface area (Å²) in [6.07, 6.45) is 3.45. The summed E-state index contributed by atoms with van der Waals surface area (Å²) in [4.78, 5) is 17.4. The van der Waals surface area contributed by atoms with Gasteiger partial charge in [0.1, 0.15) is 0 Å². The number of aliphatic imine (C=N–C) groups is 1. The normalized spacial score (nSPS) is 11.8. The standard InChI is InChI=1S/C20H22N4O3S/c1-4-15-9-5-6-10-17(15)21-13-16-14(2)22-24(20(16)25)19-12-8-7-11-18(19)23-28(3,26)27/h5-13,22-23H,4H2,1-3H3. The lowest BCUT2D eigenvalue weighted by atomic mass is 10.1. The first-order chi connectivity index (χ1) is 13.3. The number of hydrogen-bond donors (Lipinski definition) is 2. The predicted octanol–water partition coefficient (Wildman–Crippen LogP) is 3.16. The van der Waals surface area contributed by atoms with Gasteiger partial charge in [-0.3, -0.25) is 19.6 Å². The molecule has 3 rings (SSSR count). The minimum Gasteiger partial charge on any atom is -0.295 e. The Bertz CT molecular complexity index is 1190. The number of H-pyrrole nitrogens is 1. The van der Waals surface area contributed by atoms with Crippen LogP contribution in [0.4, 0.5) is 11.4 Å². The fraction of sp³-hybridized carbons (Fsp3) is 0.200. The maximum atomic E-state index is 12.9. The quantitative estimate of drug-likeness (QED) is 0.624. The molecule has 1 aromatic heterocycles. The molecule has 0 radical (unpaired) electrons. The van der Waals surface area contributed by atoms with E-state index in [0.29, 0.717) is 22.6 Å². The van der Waals surface area contributed by atoms with Crippen molar-refractivity contribution in [2.75, 3.05) is 11.0 Å². The molecule has 0 fully saturated rings. The molecule has 7 nitrogen and oxygen atoms in total. The molecule has 0 bridgehead atoms. The van der Waals surface area contributed by atoms with Crippen LogP contribution in [0.1, 0.15) is 23.7 Å². The average molecular weight is 398 g/mol. The molecule has 146 valence electrons. The number of rotatable bonds is 6. The number of hydrogen-bond acceptors (Lipinski definition) is 4. The zero-order valence-corrected chi connectivity index (χ0v) is 16.7. The largest absolute Gasteiger partial charge is 0.295 e. The van der Waals surface area contributed by atoms with E-state index in [0.717, 1.165) is 23.9 Å². The minimum atomic E-state index is -3.48. The van der Waals surface area contributed by atoms with E-state index in [1.807, 2.05) is 24.3 Å². The summed E-state index contributed by atoms with van der Waals surface area (Å²) >= 11 is 0. The Hall–Kier alpha value is -3.13. The van der Waals surface area contributed by atoms with Crippen LogP contribution in [0, 0.1) is 6.92 Å². The Kier molecular flexibility index (Phi) is 5.51. The summed E-state index contributed by atoms with van der Waals surface area (Å²) in [5, 5.41) is 3.00. The number of aromatic nitrogens is 2. The van der Waals surface area contributed by atoms with Gasteiger partial charge < -0.3 is 0 Å². The van der Waals surface area contributed by atoms with E-state index in [-0.39, 0.29) is 5.56 Å². The Morgan fingerprint density at radius 2 is 1.82 bits per heavy atom. The Morgan fingerprint density at radius 1 is 1.14 bits per heavy atom. The molecule has 1 heterocycles. The molecule has 2 N–H and O–H groups in total. The van der Waals surface area contributed by atoms with Crippen LogP contribution in [0.2, 0.25) is 0 Å². The average Bonchev–Trinajstić information content (AvgIpc) is 2.93. The van der Waals surface area contributed by atoms with Gasteiger partial charge in [0.2, 0.25) is 10.0 Å². The number of aryl methyl sites for hydroxylation is 2. The van der Waals surface area contributed by atoms with Gasteiger partial charge in [-0.05, 0) is 37.1 Å². The lowest BCUT2D eigenvalue weighted by molar-refractivity contribution is 0.606. The molecule has 0 saturated carbocycles. The van der Waals surface area contributed by atoms with E-state index in [9.17, 15) is 13.2 Å². The summed E-state index contributed by atoms with van der Waals surface area (Å²) in [7, 11) is -3.48. The number of para-hydroxylation sites is 3. The first-order valence-electron chi connectivity index (χ1n) is 8.81. The number of sulfonamides is 1. The highest BCUT2D eigenvalue weighted by Crippen LogP contribution is 2.21. The third kappa shape index (κ3) is 4.23. The Balaban J connectivity index is 2.05. The van der Waals surface area contributed by atoms with Crippen LogP contribution >= 0.6 is 0 Å². The van der Waals surface area contributed by atoms with Gasteiger partial charge in [0.15, 0.2) is 0 Å². The highest BCUT2D eigenvalue weighted by atomic mass is 32.2. The fourth-order valence-electron chi connectivity index (χ4n) is 2.91. The monoisotopic (exact) mass is 398 g/mol. The summed E-state index contributed by atoms with van der Waals surface area (Å²) in [5.41, 5.74) is 3.38. The summed E-state index contributed by atoms with van der Waals surface area (Å²) in [6, 6.07) is 14.5. The van der Waals surface area contributed by atoms with Crippen molar-refractivity contribution >= 4 is 27.6 Å². The van der Waals surface area contributed by atoms with Crippen LogP contribution in [-0.4, -0.2) is 30.7 Å². The molecule has 0 unspecified atom stereocenters. The molecular formula is C20H22N4O3S. The SMILES string of the molecule is CCc1ccccc1N=Cc1c(C)[nH]n(-c2ccccc2NS(C)(=O)=O)c1=O. The lowest BCUT2D eigenvalue weighted by Crippen LogP contribution is -2.20. The Labute approximate surface area is 163 Å². The van der Waals surface area contributed by atoms with Crippen molar-refractivity contribution in [3.05, 3.63) is 75.7 Å². The smallest absolute Gasteiger partial charge is 0.280 e. The van der Waals surface area contributed by atoms with Crippen molar-refractivity contribution in [3.8, 4) is 5.69 Å². The van der Waals surface area contributed by atoms with Gasteiger partial charge >= 0.3 is 0 Å². The molecule has 2 aromatic carbocycles. The maximum Gasteiger partial charge on any atom is 0.280 e. The van der Waals surface area contributed by atoms with Gasteiger partial charge in [-0.25, -0.2) is 13.1 Å². The highest BCUT2D eigenvalue weighted by molar-refractivity contribution is 7.92. The zero-order valence-electron chi connectivity index (χ0n) is 15.9. The summed E-state index contributed by atoms with van der Waals surface area (Å²) < 4.78 is 27.0. The van der Waals surface area contributed by atoms with Crippen molar-refractivity contribution < 1.29 is 8.42 Å². The first kappa shape index (κ1) is 19.6. The topological polar surface area (TPSA) is 96.3 Å². The van der Waals surface area contributed by atoms with Crippen LogP contribution in [0.3, 0.4) is 0 Å². The van der Waals surface area contributed by atoms with Crippen LogP contribution in [-0.2, 0) is 16.4 Å². The van der Waals surface area contributed by atoms with Crippen molar-refractivity contribution in [2.45, 2.75) is 20.3 Å². The van der Waals surface area contributed by atoms with Crippen LogP contribution in [0.25, 0.3) is 5.69 Å². The third-order valence-corrected chi connectivity index (χ3v) is 4.85. The zero-order chi connectivity index (χ0) is 20.3. The van der Waals surface area contributed by atoms with Gasteiger partial charge in [-0.2, -0.15) is 0 Å². The first-order valence-corrected chi connectivity index (χ1v) is 10.7. The predicted molar refractivity (Wildman–Crippen MR) is 113 cm³/mol. The number of nitrogens with one attached hydrogen (secondary N) is 2. The minimum absolute atomic E-state index is 0.307. The van der Waals surface area contributed by atoms with Crippen LogP contribution in [0.15, 0.2) is 58.3 Å². The molecule has 8 heteroatoms. The van der Waals surface area contributed by atoms with E-state index >= 15 is 0 Å². The van der Waals surface area contributed by atoms with Crippen molar-refractivity contribution in [1.82, 2.24) is 9.78 Å². The molecular weight excluding hydrogens is 376 g/mol. The number of benzene rings is 2. The van der Waals surface area contributed by atoms with E-state index in [4.69, 9.17) is 0 Å². The van der Waals surface area contributed by atoms with E-state index in [2.05, 4.69) is 21.7 Å². The molecule has 0 saturated heterocycles. The third-order valence-electron chi connectivity index (χ3n) is 4.26. The van der Waals surface area contributed by atoms with Crippen LogP contribution in [0.5, 0.6) is 0 Å². The molecule has 0 atom stereocenters. The summed E-state index contributed by atoms with van der Waals surface area (Å²) in [5.74, 6) is 0. The fourth-order valence-corrected chi connectivity index (χ4v) is 3.48. The molecule has 0 aliphatic rings. The molecule has 0 amide bonds. The van der Waals surface area contributed by atoms with Crippen molar-refractivity contribution in [3.63, 3.8) is 0 Å². The summed E-state index contributed by atoms with van der Waals surface area (Å²) in [6.45, 7) is 3.83. The Morgan fingerprint density at radius 3 is 2.54 bits per heavy atom. The number of aromatic amines is 1. The van der Waals surface area contributed by atoms with Gasteiger partial charge in [-0.15, -0.1) is 0 Å². The molecule has 0 spiro atoms. The second-order valence-electron chi connectivity index (χ2n) is 6.42. The molecule has 28 heavy (non-hydrogen) atoms. The molecule has 0 aliphatic carbocycles. The van der Waals surface area contributed by atoms with Gasteiger partial charge in [0.05, 0.1) is 28.9 Å². The second kappa shape index (κ2) is 7.85.